The molecule has 0 bridgehead atoms. The lowest BCUT2D eigenvalue weighted by Crippen LogP contribution is -2.14. The highest BCUT2D eigenvalue weighted by Crippen LogP contribution is 2.23. The van der Waals surface area contributed by atoms with Crippen LogP contribution in [-0.2, 0) is 6.54 Å². The second-order valence-electron chi connectivity index (χ2n) is 5.22. The average Bonchev–Trinajstić information content (AvgIpc) is 2.91. The van der Waals surface area contributed by atoms with Crippen molar-refractivity contribution in [2.24, 2.45) is 5.92 Å². The molecule has 8 nitrogen and oxygen atoms in total. The SMILES string of the molecule is CCCCOc1nc(N)nc2ncn(CCC(CO)CO)c12. The number of imidazole rings is 1. The first-order valence-electron chi connectivity index (χ1n) is 7.52. The van der Waals surface area contributed by atoms with E-state index in [0.29, 0.717) is 36.6 Å². The Labute approximate surface area is 129 Å². The molecule has 8 heteroatoms. The minimum absolute atomic E-state index is 0.0492. The van der Waals surface area contributed by atoms with Crippen molar-refractivity contribution in [3.63, 3.8) is 0 Å². The second kappa shape index (κ2) is 7.90. The molecule has 0 saturated heterocycles. The van der Waals surface area contributed by atoms with Gasteiger partial charge in [-0.25, -0.2) is 4.98 Å². The van der Waals surface area contributed by atoms with Crippen LogP contribution < -0.4 is 10.5 Å². The lowest BCUT2D eigenvalue weighted by molar-refractivity contribution is 0.140. The van der Waals surface area contributed by atoms with Crippen LogP contribution in [0, 0.1) is 5.92 Å². The minimum atomic E-state index is -0.156. The fourth-order valence-electron chi connectivity index (χ4n) is 2.11. The highest BCUT2D eigenvalue weighted by atomic mass is 16.5. The molecule has 0 fully saturated rings. The molecule has 0 aliphatic carbocycles. The van der Waals surface area contributed by atoms with Crippen LogP contribution in [-0.4, -0.2) is 49.6 Å². The summed E-state index contributed by atoms with van der Waals surface area (Å²) in [5.41, 5.74) is 6.87. The Kier molecular flexibility index (Phi) is 5.91. The van der Waals surface area contributed by atoms with Crippen molar-refractivity contribution in [2.45, 2.75) is 32.7 Å². The van der Waals surface area contributed by atoms with Gasteiger partial charge in [0.25, 0.3) is 0 Å². The number of hydrogen-bond acceptors (Lipinski definition) is 7. The third kappa shape index (κ3) is 3.83. The number of rotatable bonds is 9. The fraction of sp³-hybridized carbons (Fsp3) is 0.643. The largest absolute Gasteiger partial charge is 0.476 e. The second-order valence-corrected chi connectivity index (χ2v) is 5.22. The van der Waals surface area contributed by atoms with Gasteiger partial charge in [-0.15, -0.1) is 0 Å². The van der Waals surface area contributed by atoms with Gasteiger partial charge in [0.05, 0.1) is 12.9 Å². The smallest absolute Gasteiger partial charge is 0.245 e. The van der Waals surface area contributed by atoms with E-state index in [1.54, 1.807) is 6.33 Å². The first-order chi connectivity index (χ1) is 10.7. The topological polar surface area (TPSA) is 119 Å². The molecule has 2 rings (SSSR count). The van der Waals surface area contributed by atoms with Crippen LogP contribution in [0.15, 0.2) is 6.33 Å². The van der Waals surface area contributed by atoms with Crippen molar-refractivity contribution >= 4 is 17.1 Å². The number of nitrogen functional groups attached to an aromatic ring is 1. The maximum atomic E-state index is 9.15. The maximum Gasteiger partial charge on any atom is 0.245 e. The molecule has 0 atom stereocenters. The predicted octanol–water partition coefficient (Wildman–Crippen LogP) is 0.578. The quantitative estimate of drug-likeness (QED) is 0.579. The Morgan fingerprint density at radius 1 is 1.32 bits per heavy atom. The molecule has 0 amide bonds. The van der Waals surface area contributed by atoms with Crippen LogP contribution in [0.25, 0.3) is 11.2 Å². The zero-order chi connectivity index (χ0) is 15.9. The van der Waals surface area contributed by atoms with E-state index in [0.717, 1.165) is 12.8 Å². The van der Waals surface area contributed by atoms with Crippen molar-refractivity contribution in [1.29, 1.82) is 0 Å². The monoisotopic (exact) mass is 309 g/mol. The number of nitrogens with zero attached hydrogens (tertiary/aromatic N) is 4. The number of unbranched alkanes of at least 4 members (excludes halogenated alkanes) is 1. The van der Waals surface area contributed by atoms with Crippen LogP contribution >= 0.6 is 0 Å². The number of aliphatic hydroxyl groups is 2. The molecular formula is C14H23N5O3. The van der Waals surface area contributed by atoms with E-state index in [-0.39, 0.29) is 25.1 Å². The summed E-state index contributed by atoms with van der Waals surface area (Å²) in [5, 5.41) is 18.3. The van der Waals surface area contributed by atoms with Gasteiger partial charge in [-0.2, -0.15) is 9.97 Å². The summed E-state index contributed by atoms with van der Waals surface area (Å²) in [7, 11) is 0. The van der Waals surface area contributed by atoms with Crippen molar-refractivity contribution in [1.82, 2.24) is 19.5 Å². The van der Waals surface area contributed by atoms with E-state index in [9.17, 15) is 0 Å². The summed E-state index contributed by atoms with van der Waals surface area (Å²) in [6.07, 6.45) is 4.22. The summed E-state index contributed by atoms with van der Waals surface area (Å²) in [6.45, 7) is 3.13. The third-order valence-electron chi connectivity index (χ3n) is 3.49. The third-order valence-corrected chi connectivity index (χ3v) is 3.49. The van der Waals surface area contributed by atoms with Gasteiger partial charge in [0.2, 0.25) is 11.8 Å². The highest BCUT2D eigenvalue weighted by molar-refractivity contribution is 5.77. The fourth-order valence-corrected chi connectivity index (χ4v) is 2.11. The summed E-state index contributed by atoms with van der Waals surface area (Å²) in [6, 6.07) is 0. The zero-order valence-electron chi connectivity index (χ0n) is 12.8. The van der Waals surface area contributed by atoms with E-state index in [4.69, 9.17) is 20.7 Å². The van der Waals surface area contributed by atoms with Gasteiger partial charge in [-0.05, 0) is 12.8 Å². The molecule has 0 spiro atoms. The molecule has 22 heavy (non-hydrogen) atoms. The molecule has 2 heterocycles. The number of ether oxygens (including phenoxy) is 1. The maximum absolute atomic E-state index is 9.15. The van der Waals surface area contributed by atoms with Gasteiger partial charge in [-0.3, -0.25) is 0 Å². The normalized spacial score (nSPS) is 11.5. The molecule has 4 N–H and O–H groups in total. The van der Waals surface area contributed by atoms with Gasteiger partial charge < -0.3 is 25.3 Å². The molecule has 0 saturated carbocycles. The summed E-state index contributed by atoms with van der Waals surface area (Å²) in [4.78, 5) is 12.5. The molecular weight excluding hydrogens is 286 g/mol. The van der Waals surface area contributed by atoms with Crippen molar-refractivity contribution in [2.75, 3.05) is 25.6 Å². The van der Waals surface area contributed by atoms with E-state index in [1.807, 2.05) is 4.57 Å². The number of aryl methyl sites for hydroxylation is 1. The molecule has 122 valence electrons. The Balaban J connectivity index is 2.23. The summed E-state index contributed by atoms with van der Waals surface area (Å²) in [5.74, 6) is 0.405. The number of hydrogen-bond donors (Lipinski definition) is 3. The van der Waals surface area contributed by atoms with E-state index in [2.05, 4.69) is 21.9 Å². The van der Waals surface area contributed by atoms with E-state index in [1.165, 1.54) is 0 Å². The molecule has 0 radical (unpaired) electrons. The van der Waals surface area contributed by atoms with Gasteiger partial charge in [0, 0.05) is 25.7 Å². The van der Waals surface area contributed by atoms with Crippen molar-refractivity contribution < 1.29 is 14.9 Å². The number of nitrogens with two attached hydrogens (primary N) is 1. The van der Waals surface area contributed by atoms with E-state index >= 15 is 0 Å². The Hall–Kier alpha value is -1.93. The first kappa shape index (κ1) is 16.4. The van der Waals surface area contributed by atoms with Crippen LogP contribution in [0.3, 0.4) is 0 Å². The van der Waals surface area contributed by atoms with Gasteiger partial charge in [0.15, 0.2) is 11.2 Å². The van der Waals surface area contributed by atoms with Crippen LogP contribution in [0.1, 0.15) is 26.2 Å². The Morgan fingerprint density at radius 2 is 2.09 bits per heavy atom. The predicted molar refractivity (Wildman–Crippen MR) is 82.4 cm³/mol. The van der Waals surface area contributed by atoms with Crippen LogP contribution in [0.4, 0.5) is 5.95 Å². The number of aliphatic hydroxyl groups excluding tert-OH is 2. The summed E-state index contributed by atoms with van der Waals surface area (Å²) >= 11 is 0. The van der Waals surface area contributed by atoms with Gasteiger partial charge in [0.1, 0.15) is 0 Å². The van der Waals surface area contributed by atoms with Crippen molar-refractivity contribution in [3.05, 3.63) is 6.33 Å². The molecule has 0 aromatic carbocycles. The van der Waals surface area contributed by atoms with Crippen LogP contribution in [0.5, 0.6) is 5.88 Å². The first-order valence-corrected chi connectivity index (χ1v) is 7.52. The zero-order valence-corrected chi connectivity index (χ0v) is 12.8. The van der Waals surface area contributed by atoms with Gasteiger partial charge >= 0.3 is 0 Å². The molecule has 0 aliphatic rings. The lowest BCUT2D eigenvalue weighted by Gasteiger charge is -2.13. The van der Waals surface area contributed by atoms with Crippen molar-refractivity contribution in [3.8, 4) is 5.88 Å². The lowest BCUT2D eigenvalue weighted by atomic mass is 10.1. The average molecular weight is 309 g/mol. The number of anilines is 1. The Morgan fingerprint density at radius 3 is 2.77 bits per heavy atom. The van der Waals surface area contributed by atoms with Gasteiger partial charge in [-0.1, -0.05) is 13.3 Å². The number of fused-ring (bicyclic) bond motifs is 1. The van der Waals surface area contributed by atoms with Crippen LogP contribution in [0.2, 0.25) is 0 Å². The Bertz CT molecular complexity index is 597. The minimum Gasteiger partial charge on any atom is -0.476 e. The number of aromatic nitrogens is 4. The highest BCUT2D eigenvalue weighted by Gasteiger charge is 2.15. The molecule has 2 aromatic rings. The molecule has 2 aromatic heterocycles. The molecule has 0 unspecified atom stereocenters. The molecule has 0 aliphatic heterocycles. The van der Waals surface area contributed by atoms with E-state index < -0.39 is 0 Å². The standard InChI is InChI=1S/C14H23N5O3/c1-2-3-6-22-13-11-12(17-14(15)18-13)16-9-19(11)5-4-10(7-20)8-21/h9-10,20-21H,2-8H2,1H3,(H2,15,17,18). The summed E-state index contributed by atoms with van der Waals surface area (Å²) < 4.78 is 7.58.